The Morgan fingerprint density at radius 2 is 2.04 bits per heavy atom. The summed E-state index contributed by atoms with van der Waals surface area (Å²) in [5.41, 5.74) is 1.14. The quantitative estimate of drug-likeness (QED) is 0.689. The number of carbonyl (C=O) groups is 2. The number of amides is 2. The summed E-state index contributed by atoms with van der Waals surface area (Å²) in [5, 5.41) is 5.36. The van der Waals surface area contributed by atoms with Crippen LogP contribution in [0.5, 0.6) is 0 Å². The number of nitrogens with one attached hydrogen (secondary N) is 1. The maximum Gasteiger partial charge on any atom is 0.225 e. The molecule has 4 rings (SSSR count). The van der Waals surface area contributed by atoms with Gasteiger partial charge in [-0.2, -0.15) is 0 Å². The average molecular weight is 376 g/mol. The molecule has 28 heavy (non-hydrogen) atoms. The van der Waals surface area contributed by atoms with E-state index in [1.54, 1.807) is 12.5 Å². The SMILES string of the molecule is O=C(CCCn1ccnc1)N[C@@H]1CC(=O)N(Cc2cccc3ccccc23)C1. The van der Waals surface area contributed by atoms with E-state index in [2.05, 4.69) is 34.6 Å². The Morgan fingerprint density at radius 1 is 1.18 bits per heavy atom. The van der Waals surface area contributed by atoms with Crippen molar-refractivity contribution in [2.45, 2.75) is 38.4 Å². The molecule has 2 aromatic carbocycles. The first-order valence-corrected chi connectivity index (χ1v) is 9.68. The fourth-order valence-corrected chi connectivity index (χ4v) is 3.80. The van der Waals surface area contributed by atoms with Crippen molar-refractivity contribution in [2.24, 2.45) is 0 Å². The molecule has 1 atom stereocenters. The number of rotatable bonds is 7. The zero-order valence-electron chi connectivity index (χ0n) is 15.8. The molecule has 0 aliphatic carbocycles. The van der Waals surface area contributed by atoms with E-state index in [1.165, 1.54) is 10.8 Å². The highest BCUT2D eigenvalue weighted by Gasteiger charge is 2.30. The Balaban J connectivity index is 1.30. The van der Waals surface area contributed by atoms with Crippen molar-refractivity contribution < 1.29 is 9.59 Å². The summed E-state index contributed by atoms with van der Waals surface area (Å²) in [5.74, 6) is 0.0987. The number of likely N-dealkylation sites (tertiary alicyclic amines) is 1. The molecule has 144 valence electrons. The first-order chi connectivity index (χ1) is 13.7. The van der Waals surface area contributed by atoms with Crippen molar-refractivity contribution >= 4 is 22.6 Å². The molecule has 6 heteroatoms. The first-order valence-electron chi connectivity index (χ1n) is 9.68. The van der Waals surface area contributed by atoms with Crippen molar-refractivity contribution in [1.82, 2.24) is 19.8 Å². The lowest BCUT2D eigenvalue weighted by atomic mass is 10.0. The topological polar surface area (TPSA) is 67.2 Å². The molecule has 1 fully saturated rings. The summed E-state index contributed by atoms with van der Waals surface area (Å²) in [6, 6.07) is 14.3. The summed E-state index contributed by atoms with van der Waals surface area (Å²) in [6.07, 6.45) is 6.94. The van der Waals surface area contributed by atoms with Crippen LogP contribution in [-0.2, 0) is 22.7 Å². The van der Waals surface area contributed by atoms with E-state index in [4.69, 9.17) is 0 Å². The number of fused-ring (bicyclic) bond motifs is 1. The Bertz CT molecular complexity index is 962. The Morgan fingerprint density at radius 3 is 2.89 bits per heavy atom. The zero-order chi connectivity index (χ0) is 19.3. The zero-order valence-corrected chi connectivity index (χ0v) is 15.8. The maximum atomic E-state index is 12.4. The van der Waals surface area contributed by atoms with Crippen LogP contribution in [-0.4, -0.2) is 38.9 Å². The van der Waals surface area contributed by atoms with Crippen LogP contribution >= 0.6 is 0 Å². The molecule has 1 N–H and O–H groups in total. The minimum Gasteiger partial charge on any atom is -0.351 e. The van der Waals surface area contributed by atoms with E-state index in [0.29, 0.717) is 25.9 Å². The van der Waals surface area contributed by atoms with Crippen molar-refractivity contribution in [3.63, 3.8) is 0 Å². The van der Waals surface area contributed by atoms with E-state index >= 15 is 0 Å². The number of benzene rings is 2. The van der Waals surface area contributed by atoms with Crippen molar-refractivity contribution in [3.8, 4) is 0 Å². The third-order valence-corrected chi connectivity index (χ3v) is 5.20. The third-order valence-electron chi connectivity index (χ3n) is 5.20. The van der Waals surface area contributed by atoms with Gasteiger partial charge in [0.2, 0.25) is 11.8 Å². The van der Waals surface area contributed by atoms with Gasteiger partial charge in [0.1, 0.15) is 0 Å². The number of aryl methyl sites for hydroxylation is 1. The maximum absolute atomic E-state index is 12.4. The van der Waals surface area contributed by atoms with E-state index in [1.807, 2.05) is 33.9 Å². The number of aromatic nitrogens is 2. The number of hydrogen-bond acceptors (Lipinski definition) is 3. The molecule has 1 aliphatic rings. The van der Waals surface area contributed by atoms with Crippen molar-refractivity contribution in [3.05, 3.63) is 66.7 Å². The van der Waals surface area contributed by atoms with Crippen LogP contribution in [0.25, 0.3) is 10.8 Å². The highest BCUT2D eigenvalue weighted by Crippen LogP contribution is 2.22. The van der Waals surface area contributed by atoms with Crippen LogP contribution in [0.1, 0.15) is 24.8 Å². The number of hydrogen-bond donors (Lipinski definition) is 1. The van der Waals surface area contributed by atoms with Crippen LogP contribution in [0.3, 0.4) is 0 Å². The van der Waals surface area contributed by atoms with Gasteiger partial charge in [-0.25, -0.2) is 4.98 Å². The lowest BCUT2D eigenvalue weighted by Crippen LogP contribution is -2.37. The average Bonchev–Trinajstić information content (AvgIpc) is 3.32. The highest BCUT2D eigenvalue weighted by molar-refractivity contribution is 5.87. The van der Waals surface area contributed by atoms with Gasteiger partial charge in [-0.05, 0) is 22.8 Å². The Kier molecular flexibility index (Phi) is 5.37. The molecule has 0 bridgehead atoms. The molecule has 0 spiro atoms. The van der Waals surface area contributed by atoms with Gasteiger partial charge in [-0.3, -0.25) is 9.59 Å². The van der Waals surface area contributed by atoms with Gasteiger partial charge in [0, 0.05) is 44.9 Å². The second kappa shape index (κ2) is 8.25. The minimum atomic E-state index is -0.108. The summed E-state index contributed by atoms with van der Waals surface area (Å²) >= 11 is 0. The summed E-state index contributed by atoms with van der Waals surface area (Å²) in [4.78, 5) is 30.5. The van der Waals surface area contributed by atoms with Crippen LogP contribution in [0.4, 0.5) is 0 Å². The molecule has 6 nitrogen and oxygen atoms in total. The fourth-order valence-electron chi connectivity index (χ4n) is 3.80. The van der Waals surface area contributed by atoms with Crippen LogP contribution < -0.4 is 5.32 Å². The van der Waals surface area contributed by atoms with Gasteiger partial charge in [-0.15, -0.1) is 0 Å². The van der Waals surface area contributed by atoms with Crippen LogP contribution in [0.15, 0.2) is 61.2 Å². The second-order valence-corrected chi connectivity index (χ2v) is 7.29. The second-order valence-electron chi connectivity index (χ2n) is 7.29. The number of nitrogens with zero attached hydrogens (tertiary/aromatic N) is 3. The van der Waals surface area contributed by atoms with Gasteiger partial charge in [0.15, 0.2) is 0 Å². The van der Waals surface area contributed by atoms with Crippen LogP contribution in [0.2, 0.25) is 0 Å². The van der Waals surface area contributed by atoms with Crippen molar-refractivity contribution in [1.29, 1.82) is 0 Å². The standard InChI is InChI=1S/C22H24N4O2/c27-21(9-4-11-25-12-10-23-16-25)24-19-13-22(28)26(15-19)14-18-7-3-6-17-5-1-2-8-20(17)18/h1-3,5-8,10,12,16,19H,4,9,11,13-15H2,(H,24,27)/t19-/m1/s1. The Labute approximate surface area is 164 Å². The van der Waals surface area contributed by atoms with Gasteiger partial charge >= 0.3 is 0 Å². The van der Waals surface area contributed by atoms with Crippen molar-refractivity contribution in [2.75, 3.05) is 6.54 Å². The van der Waals surface area contributed by atoms with Gasteiger partial charge < -0.3 is 14.8 Å². The predicted octanol–water partition coefficient (Wildman–Crippen LogP) is 2.73. The Hall–Kier alpha value is -3.15. The molecule has 2 heterocycles. The third kappa shape index (κ3) is 4.22. The molecule has 0 unspecified atom stereocenters. The first kappa shape index (κ1) is 18.2. The largest absolute Gasteiger partial charge is 0.351 e. The molecule has 0 radical (unpaired) electrons. The summed E-state index contributed by atoms with van der Waals surface area (Å²) in [6.45, 7) is 1.91. The van der Waals surface area contributed by atoms with E-state index in [9.17, 15) is 9.59 Å². The van der Waals surface area contributed by atoms with Gasteiger partial charge in [0.25, 0.3) is 0 Å². The smallest absolute Gasteiger partial charge is 0.225 e. The summed E-state index contributed by atoms with van der Waals surface area (Å²) in [7, 11) is 0. The molecule has 3 aromatic rings. The normalized spacial score (nSPS) is 16.6. The fraction of sp³-hybridized carbons (Fsp3) is 0.318. The van der Waals surface area contributed by atoms with Gasteiger partial charge in [-0.1, -0.05) is 42.5 Å². The molecule has 1 aromatic heterocycles. The minimum absolute atomic E-state index is 0.00456. The lowest BCUT2D eigenvalue weighted by molar-refractivity contribution is -0.128. The van der Waals surface area contributed by atoms with E-state index < -0.39 is 0 Å². The van der Waals surface area contributed by atoms with E-state index in [0.717, 1.165) is 18.5 Å². The summed E-state index contributed by atoms with van der Waals surface area (Å²) < 4.78 is 1.96. The number of carbonyl (C=O) groups excluding carboxylic acids is 2. The lowest BCUT2D eigenvalue weighted by Gasteiger charge is -2.18. The highest BCUT2D eigenvalue weighted by atomic mass is 16.2. The molecule has 1 saturated heterocycles. The van der Waals surface area contributed by atoms with Crippen LogP contribution in [0, 0.1) is 0 Å². The van der Waals surface area contributed by atoms with Gasteiger partial charge in [0.05, 0.1) is 12.4 Å². The molecular formula is C22H24N4O2. The molecular weight excluding hydrogens is 352 g/mol. The number of imidazole rings is 1. The predicted molar refractivity (Wildman–Crippen MR) is 107 cm³/mol. The molecule has 0 saturated carbocycles. The monoisotopic (exact) mass is 376 g/mol. The van der Waals surface area contributed by atoms with E-state index in [-0.39, 0.29) is 17.9 Å². The molecule has 2 amide bonds. The molecule has 1 aliphatic heterocycles.